The van der Waals surface area contributed by atoms with Crippen molar-refractivity contribution in [3.05, 3.63) is 35.4 Å². The molecule has 2 nitrogen and oxygen atoms in total. The van der Waals surface area contributed by atoms with Crippen molar-refractivity contribution in [1.82, 2.24) is 5.32 Å². The number of hydrogen-bond acceptors (Lipinski definition) is 2. The zero-order valence-corrected chi connectivity index (χ0v) is 11.2. The van der Waals surface area contributed by atoms with Crippen molar-refractivity contribution in [3.63, 3.8) is 0 Å². The molecule has 0 heterocycles. The van der Waals surface area contributed by atoms with E-state index in [-0.39, 0.29) is 0 Å². The fourth-order valence-corrected chi connectivity index (χ4v) is 3.25. The molecule has 0 aliphatic heterocycles. The molecule has 18 heavy (non-hydrogen) atoms. The Morgan fingerprint density at radius 2 is 1.94 bits per heavy atom. The third kappa shape index (κ3) is 2.60. The summed E-state index contributed by atoms with van der Waals surface area (Å²) in [6.45, 7) is 2.94. The summed E-state index contributed by atoms with van der Waals surface area (Å²) >= 11 is 0. The van der Waals surface area contributed by atoms with Crippen LogP contribution >= 0.6 is 0 Å². The Labute approximate surface area is 110 Å². The van der Waals surface area contributed by atoms with Gasteiger partial charge >= 0.3 is 0 Å². The number of hydrogen-bond donors (Lipinski definition) is 1. The van der Waals surface area contributed by atoms with Gasteiger partial charge in [-0.3, -0.25) is 0 Å². The number of rotatable bonds is 4. The molecule has 1 N–H and O–H groups in total. The van der Waals surface area contributed by atoms with Crippen LogP contribution in [0, 0.1) is 0 Å². The highest BCUT2D eigenvalue weighted by molar-refractivity contribution is 5.30. The molecular formula is C16H23NO. The molecule has 0 saturated heterocycles. The second-order valence-electron chi connectivity index (χ2n) is 5.62. The first kappa shape index (κ1) is 12.2. The van der Waals surface area contributed by atoms with Crippen LogP contribution in [-0.2, 0) is 17.6 Å². The number of aryl methyl sites for hydroxylation is 1. The van der Waals surface area contributed by atoms with Crippen molar-refractivity contribution >= 4 is 0 Å². The molecule has 98 valence electrons. The van der Waals surface area contributed by atoms with E-state index in [0.717, 1.165) is 6.61 Å². The van der Waals surface area contributed by atoms with E-state index < -0.39 is 0 Å². The van der Waals surface area contributed by atoms with Gasteiger partial charge in [-0.1, -0.05) is 24.3 Å². The minimum absolute atomic E-state index is 0.517. The van der Waals surface area contributed by atoms with Crippen LogP contribution in [0.4, 0.5) is 0 Å². The van der Waals surface area contributed by atoms with Crippen molar-refractivity contribution in [1.29, 1.82) is 0 Å². The third-order valence-corrected chi connectivity index (χ3v) is 4.32. The van der Waals surface area contributed by atoms with Crippen LogP contribution in [0.1, 0.15) is 37.3 Å². The quantitative estimate of drug-likeness (QED) is 0.880. The average Bonchev–Trinajstić information content (AvgIpc) is 2.36. The van der Waals surface area contributed by atoms with E-state index in [9.17, 15) is 0 Å². The van der Waals surface area contributed by atoms with Crippen molar-refractivity contribution in [2.24, 2.45) is 0 Å². The van der Waals surface area contributed by atoms with Crippen LogP contribution in [0.15, 0.2) is 24.3 Å². The van der Waals surface area contributed by atoms with Crippen molar-refractivity contribution in [2.45, 2.75) is 57.2 Å². The molecule has 3 rings (SSSR count). The minimum Gasteiger partial charge on any atom is -0.378 e. The number of nitrogens with one attached hydrogen (secondary N) is 1. The number of fused-ring (bicyclic) bond motifs is 1. The SMILES string of the molecule is CCOC1CC(NC2CCc3ccccc3C2)C1. The normalized spacial score (nSPS) is 30.6. The van der Waals surface area contributed by atoms with Crippen molar-refractivity contribution < 1.29 is 4.74 Å². The largest absolute Gasteiger partial charge is 0.378 e. The van der Waals surface area contributed by atoms with Crippen molar-refractivity contribution in [2.75, 3.05) is 6.61 Å². The molecule has 1 saturated carbocycles. The maximum Gasteiger partial charge on any atom is 0.0604 e. The lowest BCUT2D eigenvalue weighted by Gasteiger charge is -2.39. The first-order chi connectivity index (χ1) is 8.85. The first-order valence-electron chi connectivity index (χ1n) is 7.29. The molecule has 1 fully saturated rings. The molecule has 0 bridgehead atoms. The van der Waals surface area contributed by atoms with Gasteiger partial charge in [0.25, 0.3) is 0 Å². The Morgan fingerprint density at radius 3 is 2.72 bits per heavy atom. The molecule has 0 aromatic heterocycles. The summed E-state index contributed by atoms with van der Waals surface area (Å²) in [6.07, 6.45) is 6.63. The second-order valence-corrected chi connectivity index (χ2v) is 5.62. The Hall–Kier alpha value is -0.860. The van der Waals surface area contributed by atoms with E-state index in [1.165, 1.54) is 32.1 Å². The molecule has 0 amide bonds. The maximum atomic E-state index is 5.61. The van der Waals surface area contributed by atoms with Gasteiger partial charge in [-0.05, 0) is 50.2 Å². The second kappa shape index (κ2) is 5.41. The highest BCUT2D eigenvalue weighted by atomic mass is 16.5. The molecule has 1 unspecified atom stereocenters. The third-order valence-electron chi connectivity index (χ3n) is 4.32. The standard InChI is InChI=1S/C16H23NO/c1-2-18-16-10-15(11-16)17-14-8-7-12-5-3-4-6-13(12)9-14/h3-6,14-17H,2,7-11H2,1H3. The summed E-state index contributed by atoms with van der Waals surface area (Å²) in [4.78, 5) is 0. The van der Waals surface area contributed by atoms with Gasteiger partial charge in [0.2, 0.25) is 0 Å². The summed E-state index contributed by atoms with van der Waals surface area (Å²) in [5.74, 6) is 0. The number of benzene rings is 1. The lowest BCUT2D eigenvalue weighted by molar-refractivity contribution is -0.0127. The summed E-state index contributed by atoms with van der Waals surface area (Å²) < 4.78 is 5.61. The molecule has 0 spiro atoms. The smallest absolute Gasteiger partial charge is 0.0604 e. The molecule has 2 aliphatic rings. The Morgan fingerprint density at radius 1 is 1.17 bits per heavy atom. The van der Waals surface area contributed by atoms with E-state index in [4.69, 9.17) is 4.74 Å². The highest BCUT2D eigenvalue weighted by Gasteiger charge is 2.31. The topological polar surface area (TPSA) is 21.3 Å². The zero-order chi connectivity index (χ0) is 12.4. The van der Waals surface area contributed by atoms with E-state index in [0.29, 0.717) is 18.2 Å². The van der Waals surface area contributed by atoms with Gasteiger partial charge in [-0.15, -0.1) is 0 Å². The van der Waals surface area contributed by atoms with Gasteiger partial charge in [0.1, 0.15) is 0 Å². The van der Waals surface area contributed by atoms with E-state index >= 15 is 0 Å². The van der Waals surface area contributed by atoms with Crippen LogP contribution < -0.4 is 5.32 Å². The van der Waals surface area contributed by atoms with Crippen LogP contribution in [0.3, 0.4) is 0 Å². The lowest BCUT2D eigenvalue weighted by Crippen LogP contribution is -2.50. The summed E-state index contributed by atoms with van der Waals surface area (Å²) in [5.41, 5.74) is 3.10. The minimum atomic E-state index is 0.517. The van der Waals surface area contributed by atoms with Gasteiger partial charge in [0.15, 0.2) is 0 Å². The number of ether oxygens (including phenoxy) is 1. The van der Waals surface area contributed by atoms with E-state index in [1.807, 2.05) is 0 Å². The predicted molar refractivity (Wildman–Crippen MR) is 73.8 cm³/mol. The predicted octanol–water partition coefficient (Wildman–Crippen LogP) is 2.70. The van der Waals surface area contributed by atoms with Gasteiger partial charge in [0, 0.05) is 18.7 Å². The molecule has 0 radical (unpaired) electrons. The Balaban J connectivity index is 1.49. The van der Waals surface area contributed by atoms with Crippen molar-refractivity contribution in [3.8, 4) is 0 Å². The molecular weight excluding hydrogens is 222 g/mol. The Kier molecular flexibility index (Phi) is 3.67. The average molecular weight is 245 g/mol. The van der Waals surface area contributed by atoms with Crippen LogP contribution in [0.2, 0.25) is 0 Å². The first-order valence-corrected chi connectivity index (χ1v) is 7.29. The van der Waals surface area contributed by atoms with Gasteiger partial charge < -0.3 is 10.1 Å². The fraction of sp³-hybridized carbons (Fsp3) is 0.625. The fourth-order valence-electron chi connectivity index (χ4n) is 3.25. The van der Waals surface area contributed by atoms with Crippen LogP contribution in [0.5, 0.6) is 0 Å². The van der Waals surface area contributed by atoms with Gasteiger partial charge in [-0.2, -0.15) is 0 Å². The Bertz CT molecular complexity index is 398. The summed E-state index contributed by atoms with van der Waals surface area (Å²) in [6, 6.07) is 10.2. The maximum absolute atomic E-state index is 5.61. The monoisotopic (exact) mass is 245 g/mol. The van der Waals surface area contributed by atoms with E-state index in [1.54, 1.807) is 11.1 Å². The van der Waals surface area contributed by atoms with E-state index in [2.05, 4.69) is 36.5 Å². The zero-order valence-electron chi connectivity index (χ0n) is 11.2. The molecule has 1 aromatic rings. The van der Waals surface area contributed by atoms with Gasteiger partial charge in [-0.25, -0.2) is 0 Å². The van der Waals surface area contributed by atoms with Crippen LogP contribution in [-0.4, -0.2) is 24.8 Å². The molecule has 1 atom stereocenters. The molecule has 2 aliphatic carbocycles. The lowest BCUT2D eigenvalue weighted by atomic mass is 9.84. The van der Waals surface area contributed by atoms with Gasteiger partial charge in [0.05, 0.1) is 6.10 Å². The summed E-state index contributed by atoms with van der Waals surface area (Å²) in [7, 11) is 0. The summed E-state index contributed by atoms with van der Waals surface area (Å²) in [5, 5.41) is 3.80. The molecule has 1 aromatic carbocycles. The highest BCUT2D eigenvalue weighted by Crippen LogP contribution is 2.27. The molecule has 2 heteroatoms. The van der Waals surface area contributed by atoms with Crippen LogP contribution in [0.25, 0.3) is 0 Å².